The SMILES string of the molecule is CN=C(NCCC(F)(F)F)NCc1nc(C(F)(F)F)cs1.I. The van der Waals surface area contributed by atoms with Crippen molar-refractivity contribution in [3.05, 3.63) is 16.1 Å². The third-order valence-electron chi connectivity index (χ3n) is 2.17. The van der Waals surface area contributed by atoms with Crippen LogP contribution < -0.4 is 10.6 Å². The Morgan fingerprint density at radius 2 is 1.86 bits per heavy atom. The second kappa shape index (κ2) is 8.74. The topological polar surface area (TPSA) is 49.3 Å². The van der Waals surface area contributed by atoms with Crippen molar-refractivity contribution in [1.29, 1.82) is 0 Å². The van der Waals surface area contributed by atoms with Crippen molar-refractivity contribution in [3.8, 4) is 0 Å². The number of alkyl halides is 6. The van der Waals surface area contributed by atoms with Gasteiger partial charge in [0.1, 0.15) is 5.01 Å². The Morgan fingerprint density at radius 3 is 2.32 bits per heavy atom. The fraction of sp³-hybridized carbons (Fsp3) is 0.600. The van der Waals surface area contributed by atoms with E-state index >= 15 is 0 Å². The Kier molecular flexibility index (Phi) is 8.43. The van der Waals surface area contributed by atoms with Crippen molar-refractivity contribution < 1.29 is 26.3 Å². The van der Waals surface area contributed by atoms with Crippen LogP contribution in [0.15, 0.2) is 10.4 Å². The zero-order chi connectivity index (χ0) is 16.1. The molecule has 0 aliphatic carbocycles. The summed E-state index contributed by atoms with van der Waals surface area (Å²) in [5.41, 5.74) is -0.996. The lowest BCUT2D eigenvalue weighted by Gasteiger charge is -2.12. The predicted molar refractivity (Wildman–Crippen MR) is 81.4 cm³/mol. The summed E-state index contributed by atoms with van der Waals surface area (Å²) in [6.07, 6.45) is -9.84. The first-order valence-electron chi connectivity index (χ1n) is 5.64. The molecule has 1 heterocycles. The number of nitrogens with zero attached hydrogens (tertiary/aromatic N) is 2. The number of aromatic nitrogens is 1. The van der Waals surface area contributed by atoms with Crippen molar-refractivity contribution in [1.82, 2.24) is 15.6 Å². The number of nitrogens with one attached hydrogen (secondary N) is 2. The van der Waals surface area contributed by atoms with Crippen LogP contribution in [-0.4, -0.2) is 30.7 Å². The summed E-state index contributed by atoms with van der Waals surface area (Å²) in [6, 6.07) is 0. The van der Waals surface area contributed by atoms with Gasteiger partial charge in [-0.2, -0.15) is 26.3 Å². The Hall–Kier alpha value is -0.790. The third-order valence-corrected chi connectivity index (χ3v) is 3.02. The Labute approximate surface area is 143 Å². The van der Waals surface area contributed by atoms with Crippen molar-refractivity contribution in [2.75, 3.05) is 13.6 Å². The molecule has 0 amide bonds. The van der Waals surface area contributed by atoms with E-state index in [0.717, 1.165) is 16.7 Å². The summed E-state index contributed by atoms with van der Waals surface area (Å²) in [5.74, 6) is 0.0583. The lowest BCUT2D eigenvalue weighted by molar-refractivity contribution is -0.140. The maximum absolute atomic E-state index is 12.3. The lowest BCUT2D eigenvalue weighted by atomic mass is 10.4. The molecule has 0 unspecified atom stereocenters. The molecule has 0 fully saturated rings. The molecule has 0 spiro atoms. The molecule has 1 aromatic rings. The Morgan fingerprint density at radius 1 is 1.23 bits per heavy atom. The average molecular weight is 462 g/mol. The normalized spacial score (nSPS) is 12.8. The van der Waals surface area contributed by atoms with E-state index in [1.165, 1.54) is 7.05 Å². The van der Waals surface area contributed by atoms with E-state index in [2.05, 4.69) is 20.6 Å². The van der Waals surface area contributed by atoms with E-state index in [1.54, 1.807) is 0 Å². The highest BCUT2D eigenvalue weighted by atomic mass is 127. The van der Waals surface area contributed by atoms with Gasteiger partial charge in [0.2, 0.25) is 0 Å². The minimum atomic E-state index is -4.51. The van der Waals surface area contributed by atoms with Gasteiger partial charge in [0.15, 0.2) is 11.7 Å². The molecule has 1 aromatic heterocycles. The van der Waals surface area contributed by atoms with Gasteiger partial charge in [0.05, 0.1) is 13.0 Å². The van der Waals surface area contributed by atoms with Crippen LogP contribution in [0, 0.1) is 0 Å². The molecule has 0 atom stereocenters. The van der Waals surface area contributed by atoms with Crippen LogP contribution >= 0.6 is 35.3 Å². The molecule has 2 N–H and O–H groups in total. The van der Waals surface area contributed by atoms with Crippen molar-refractivity contribution in [2.24, 2.45) is 4.99 Å². The summed E-state index contributed by atoms with van der Waals surface area (Å²) < 4.78 is 72.9. The van der Waals surface area contributed by atoms with Crippen LogP contribution in [0.2, 0.25) is 0 Å². The predicted octanol–water partition coefficient (Wildman–Crippen LogP) is 3.40. The molecule has 0 aliphatic heterocycles. The Balaban J connectivity index is 0.00000441. The highest BCUT2D eigenvalue weighted by Gasteiger charge is 2.33. The maximum Gasteiger partial charge on any atom is 0.434 e. The zero-order valence-electron chi connectivity index (χ0n) is 11.2. The van der Waals surface area contributed by atoms with Gasteiger partial charge in [-0.3, -0.25) is 4.99 Å². The minimum absolute atomic E-state index is 0. The maximum atomic E-state index is 12.3. The van der Waals surface area contributed by atoms with Gasteiger partial charge in [-0.25, -0.2) is 4.98 Å². The average Bonchev–Trinajstić information content (AvgIpc) is 2.80. The van der Waals surface area contributed by atoms with E-state index in [9.17, 15) is 26.3 Å². The highest BCUT2D eigenvalue weighted by Crippen LogP contribution is 2.29. The van der Waals surface area contributed by atoms with Crippen LogP contribution in [0.3, 0.4) is 0 Å². The minimum Gasteiger partial charge on any atom is -0.356 e. The van der Waals surface area contributed by atoms with Crippen LogP contribution in [0.5, 0.6) is 0 Å². The largest absolute Gasteiger partial charge is 0.434 e. The third kappa shape index (κ3) is 8.00. The molecule has 128 valence electrons. The number of guanidine groups is 1. The first-order valence-corrected chi connectivity index (χ1v) is 6.52. The van der Waals surface area contributed by atoms with Crippen LogP contribution in [0.4, 0.5) is 26.3 Å². The fourth-order valence-electron chi connectivity index (χ4n) is 1.22. The molecular formula is C10H13F6IN4S. The monoisotopic (exact) mass is 462 g/mol. The molecule has 0 radical (unpaired) electrons. The number of hydrogen-bond acceptors (Lipinski definition) is 3. The molecule has 12 heteroatoms. The molecule has 0 aliphatic rings. The molecule has 0 aromatic carbocycles. The molecule has 22 heavy (non-hydrogen) atoms. The molecule has 0 saturated carbocycles. The summed E-state index contributed by atoms with van der Waals surface area (Å²) in [4.78, 5) is 7.04. The fourth-order valence-corrected chi connectivity index (χ4v) is 1.97. The van der Waals surface area contributed by atoms with E-state index in [1.807, 2.05) is 0 Å². The van der Waals surface area contributed by atoms with Crippen LogP contribution in [-0.2, 0) is 12.7 Å². The second-order valence-electron chi connectivity index (χ2n) is 3.84. The Bertz CT molecular complexity index is 484. The molecule has 1 rings (SSSR count). The van der Waals surface area contributed by atoms with Gasteiger partial charge < -0.3 is 10.6 Å². The molecule has 0 saturated heterocycles. The number of hydrogen-bond donors (Lipinski definition) is 2. The summed E-state index contributed by atoms with van der Waals surface area (Å²) in [6.45, 7) is -0.443. The highest BCUT2D eigenvalue weighted by molar-refractivity contribution is 14.0. The van der Waals surface area contributed by atoms with Crippen molar-refractivity contribution in [2.45, 2.75) is 25.3 Å². The van der Waals surface area contributed by atoms with Crippen LogP contribution in [0.25, 0.3) is 0 Å². The zero-order valence-corrected chi connectivity index (χ0v) is 14.3. The lowest BCUT2D eigenvalue weighted by Crippen LogP contribution is -2.38. The smallest absolute Gasteiger partial charge is 0.356 e. The summed E-state index contributed by atoms with van der Waals surface area (Å²) in [7, 11) is 1.34. The number of thiazole rings is 1. The number of aliphatic imine (C=N–C) groups is 1. The quantitative estimate of drug-likeness (QED) is 0.312. The first-order chi connectivity index (χ1) is 9.62. The van der Waals surface area contributed by atoms with Gasteiger partial charge in [-0.15, -0.1) is 35.3 Å². The van der Waals surface area contributed by atoms with Gasteiger partial charge in [0, 0.05) is 19.0 Å². The van der Waals surface area contributed by atoms with Gasteiger partial charge in [0.25, 0.3) is 0 Å². The molecular weight excluding hydrogens is 449 g/mol. The van der Waals surface area contributed by atoms with E-state index in [-0.39, 0.29) is 48.0 Å². The molecule has 0 bridgehead atoms. The first kappa shape index (κ1) is 21.2. The van der Waals surface area contributed by atoms with Crippen LogP contribution in [0.1, 0.15) is 17.1 Å². The number of halogens is 7. The van der Waals surface area contributed by atoms with E-state index < -0.39 is 24.5 Å². The number of rotatable bonds is 4. The van der Waals surface area contributed by atoms with E-state index in [4.69, 9.17) is 0 Å². The standard InChI is InChI=1S/C10H12F6N4S.HI/c1-17-8(18-3-2-9(11,12)13)19-4-7-20-6(5-21-7)10(14,15)16;/h5H,2-4H2,1H3,(H2,17,18,19);1H. The molecule has 4 nitrogen and oxygen atoms in total. The van der Waals surface area contributed by atoms with Gasteiger partial charge in [-0.05, 0) is 0 Å². The second-order valence-corrected chi connectivity index (χ2v) is 4.78. The van der Waals surface area contributed by atoms with Crippen molar-refractivity contribution in [3.63, 3.8) is 0 Å². The van der Waals surface area contributed by atoms with E-state index in [0.29, 0.717) is 0 Å². The van der Waals surface area contributed by atoms with Gasteiger partial charge >= 0.3 is 12.4 Å². The van der Waals surface area contributed by atoms with Gasteiger partial charge in [-0.1, -0.05) is 0 Å². The summed E-state index contributed by atoms with van der Waals surface area (Å²) >= 11 is 0.801. The summed E-state index contributed by atoms with van der Waals surface area (Å²) in [5, 5.41) is 6.02. The van der Waals surface area contributed by atoms with Crippen molar-refractivity contribution >= 4 is 41.3 Å².